The summed E-state index contributed by atoms with van der Waals surface area (Å²) in [5.74, 6) is 0. The van der Waals surface area contributed by atoms with E-state index < -0.39 is 14.2 Å². The third kappa shape index (κ3) is 6.39. The zero-order valence-corrected chi connectivity index (χ0v) is 9.63. The summed E-state index contributed by atoms with van der Waals surface area (Å²) in [6.07, 6.45) is 2.82. The summed E-state index contributed by atoms with van der Waals surface area (Å²) >= 11 is 0. The van der Waals surface area contributed by atoms with Gasteiger partial charge in [0.15, 0.2) is 0 Å². The number of rotatable bonds is 5. The van der Waals surface area contributed by atoms with Gasteiger partial charge < -0.3 is 9.47 Å². The van der Waals surface area contributed by atoms with Crippen LogP contribution in [0.3, 0.4) is 0 Å². The lowest BCUT2D eigenvalue weighted by Gasteiger charge is -2.20. The van der Waals surface area contributed by atoms with Crippen molar-refractivity contribution in [2.45, 2.75) is 25.6 Å². The molecule has 0 atom stereocenters. The normalized spacial score (nSPS) is 10.7. The zero-order valence-electron chi connectivity index (χ0n) is 8.63. The van der Waals surface area contributed by atoms with Crippen LogP contribution in [0.4, 0.5) is 4.79 Å². The Bertz CT molecular complexity index is 178. The molecule has 0 aromatic heterocycles. The van der Waals surface area contributed by atoms with Gasteiger partial charge in [0.25, 0.3) is 0 Å². The van der Waals surface area contributed by atoms with Crippen molar-refractivity contribution in [3.05, 3.63) is 12.7 Å². The minimum atomic E-state index is -1.40. The van der Waals surface area contributed by atoms with Crippen LogP contribution in [-0.2, 0) is 9.47 Å². The lowest BCUT2D eigenvalue weighted by atomic mass is 10.5. The summed E-state index contributed by atoms with van der Waals surface area (Å²) < 4.78 is 9.31. The smallest absolute Gasteiger partial charge is 0.438 e. The molecule has 0 amide bonds. The van der Waals surface area contributed by atoms with Crippen LogP contribution in [-0.4, -0.2) is 27.6 Å². The summed E-state index contributed by atoms with van der Waals surface area (Å²) in [6.45, 7) is 8.02. The fourth-order valence-corrected chi connectivity index (χ4v) is 2.52. The third-order valence-electron chi connectivity index (χ3n) is 1.77. The van der Waals surface area contributed by atoms with E-state index in [1.165, 1.54) is 7.11 Å². The molecule has 4 heteroatoms. The fraction of sp³-hybridized carbons (Fsp3) is 0.667. The van der Waals surface area contributed by atoms with Gasteiger partial charge in [0, 0.05) is 0 Å². The maximum Gasteiger partial charge on any atom is 0.507 e. The summed E-state index contributed by atoms with van der Waals surface area (Å²) in [4.78, 5) is 10.7. The Morgan fingerprint density at radius 1 is 1.54 bits per heavy atom. The van der Waals surface area contributed by atoms with Crippen LogP contribution in [0.1, 0.15) is 6.42 Å². The molecule has 0 rings (SSSR count). The summed E-state index contributed by atoms with van der Waals surface area (Å²) in [5.41, 5.74) is 0. The number of methoxy groups -OCH3 is 1. The Balaban J connectivity index is 3.73. The molecule has 0 unspecified atom stereocenters. The maximum atomic E-state index is 10.7. The van der Waals surface area contributed by atoms with Gasteiger partial charge in [0.2, 0.25) is 0 Å². The van der Waals surface area contributed by atoms with Crippen molar-refractivity contribution in [2.75, 3.05) is 13.3 Å². The molecule has 13 heavy (non-hydrogen) atoms. The molecular weight excluding hydrogens is 184 g/mol. The van der Waals surface area contributed by atoms with E-state index in [0.717, 1.165) is 12.5 Å². The van der Waals surface area contributed by atoms with Gasteiger partial charge >= 0.3 is 6.16 Å². The van der Waals surface area contributed by atoms with Crippen LogP contribution in [0.5, 0.6) is 0 Å². The van der Waals surface area contributed by atoms with Gasteiger partial charge in [-0.15, -0.1) is 6.58 Å². The molecule has 76 valence electrons. The van der Waals surface area contributed by atoms with Crippen molar-refractivity contribution in [1.29, 1.82) is 0 Å². The molecule has 0 aliphatic carbocycles. The summed E-state index contributed by atoms with van der Waals surface area (Å²) in [5, 5.41) is 0. The molecule has 0 saturated heterocycles. The minimum absolute atomic E-state index is 0.521. The molecule has 0 spiro atoms. The Morgan fingerprint density at radius 2 is 2.15 bits per heavy atom. The number of hydrogen-bond donors (Lipinski definition) is 0. The van der Waals surface area contributed by atoms with Gasteiger partial charge in [-0.05, 0) is 6.42 Å². The summed E-state index contributed by atoms with van der Waals surface area (Å²) in [7, 11) is -0.0776. The van der Waals surface area contributed by atoms with Crippen LogP contribution >= 0.6 is 0 Å². The molecule has 0 aliphatic rings. The first-order valence-electron chi connectivity index (χ1n) is 4.33. The van der Waals surface area contributed by atoms with Gasteiger partial charge in [-0.2, -0.15) is 0 Å². The van der Waals surface area contributed by atoms with Gasteiger partial charge in [-0.3, -0.25) is 0 Å². The van der Waals surface area contributed by atoms with Crippen LogP contribution in [0.15, 0.2) is 12.7 Å². The Kier molecular flexibility index (Phi) is 5.46. The predicted octanol–water partition coefficient (Wildman–Crippen LogP) is 2.59. The Hall–Kier alpha value is -0.773. The lowest BCUT2D eigenvalue weighted by Crippen LogP contribution is -2.33. The van der Waals surface area contributed by atoms with Crippen molar-refractivity contribution < 1.29 is 14.3 Å². The number of hydrogen-bond acceptors (Lipinski definition) is 3. The maximum absolute atomic E-state index is 10.7. The Labute approximate surface area is 80.7 Å². The SMILES string of the molecule is C=CCC[Si](C)(C)COC(=O)OC. The van der Waals surface area contributed by atoms with Crippen LogP contribution < -0.4 is 0 Å². The average molecular weight is 202 g/mol. The molecule has 0 fully saturated rings. The average Bonchev–Trinajstić information content (AvgIpc) is 2.11. The van der Waals surface area contributed by atoms with Crippen molar-refractivity contribution in [3.63, 3.8) is 0 Å². The molecule has 0 aliphatic heterocycles. The van der Waals surface area contributed by atoms with Gasteiger partial charge in [0.05, 0.1) is 21.4 Å². The van der Waals surface area contributed by atoms with Crippen molar-refractivity contribution in [3.8, 4) is 0 Å². The predicted molar refractivity (Wildman–Crippen MR) is 55.5 cm³/mol. The fourth-order valence-electron chi connectivity index (χ4n) is 0.878. The monoisotopic (exact) mass is 202 g/mol. The molecule has 3 nitrogen and oxygen atoms in total. The third-order valence-corrected chi connectivity index (χ3v) is 4.34. The van der Waals surface area contributed by atoms with E-state index in [1.54, 1.807) is 0 Å². The van der Waals surface area contributed by atoms with E-state index in [9.17, 15) is 4.79 Å². The van der Waals surface area contributed by atoms with E-state index in [4.69, 9.17) is 4.74 Å². The van der Waals surface area contributed by atoms with Gasteiger partial charge in [0.1, 0.15) is 0 Å². The molecular formula is C9H18O3Si. The molecule has 0 saturated carbocycles. The highest BCUT2D eigenvalue weighted by atomic mass is 28.3. The first-order chi connectivity index (χ1) is 6.02. The molecule has 0 heterocycles. The Morgan fingerprint density at radius 3 is 2.62 bits per heavy atom. The number of carbonyl (C=O) groups excluding carboxylic acids is 1. The first kappa shape index (κ1) is 12.2. The summed E-state index contributed by atoms with van der Waals surface area (Å²) in [6, 6.07) is 1.09. The standard InChI is InChI=1S/C9H18O3Si/c1-5-6-7-13(3,4)8-12-9(10)11-2/h5H,1,6-8H2,2-4H3. The molecule has 0 aromatic rings. The topological polar surface area (TPSA) is 35.5 Å². The second kappa shape index (κ2) is 5.80. The molecule has 0 radical (unpaired) electrons. The highest BCUT2D eigenvalue weighted by Crippen LogP contribution is 2.12. The lowest BCUT2D eigenvalue weighted by molar-refractivity contribution is 0.0849. The van der Waals surface area contributed by atoms with Gasteiger partial charge in [-0.1, -0.05) is 25.2 Å². The number of carbonyl (C=O) groups is 1. The second-order valence-corrected chi connectivity index (χ2v) is 8.85. The molecule has 0 bridgehead atoms. The minimum Gasteiger partial charge on any atom is -0.438 e. The van der Waals surface area contributed by atoms with E-state index in [-0.39, 0.29) is 0 Å². The van der Waals surface area contributed by atoms with Crippen LogP contribution in [0, 0.1) is 0 Å². The van der Waals surface area contributed by atoms with E-state index in [1.807, 2.05) is 6.08 Å². The number of ether oxygens (including phenoxy) is 2. The van der Waals surface area contributed by atoms with Crippen molar-refractivity contribution >= 4 is 14.2 Å². The van der Waals surface area contributed by atoms with Crippen molar-refractivity contribution in [2.24, 2.45) is 0 Å². The van der Waals surface area contributed by atoms with Crippen LogP contribution in [0.25, 0.3) is 0 Å². The molecule has 0 N–H and O–H groups in total. The largest absolute Gasteiger partial charge is 0.507 e. The number of allylic oxidation sites excluding steroid dienone is 1. The van der Waals surface area contributed by atoms with Crippen molar-refractivity contribution in [1.82, 2.24) is 0 Å². The molecule has 0 aromatic carbocycles. The zero-order chi connectivity index (χ0) is 10.3. The van der Waals surface area contributed by atoms with E-state index in [0.29, 0.717) is 6.23 Å². The van der Waals surface area contributed by atoms with Crippen LogP contribution in [0.2, 0.25) is 19.1 Å². The van der Waals surface area contributed by atoms with E-state index >= 15 is 0 Å². The highest BCUT2D eigenvalue weighted by Gasteiger charge is 2.22. The second-order valence-electron chi connectivity index (χ2n) is 3.73. The first-order valence-corrected chi connectivity index (χ1v) is 7.75. The quantitative estimate of drug-likeness (QED) is 0.390. The highest BCUT2D eigenvalue weighted by molar-refractivity contribution is 6.77. The van der Waals surface area contributed by atoms with Gasteiger partial charge in [-0.25, -0.2) is 4.79 Å². The van der Waals surface area contributed by atoms with E-state index in [2.05, 4.69) is 24.4 Å².